The predicted molar refractivity (Wildman–Crippen MR) is 206 cm³/mol. The van der Waals surface area contributed by atoms with Crippen LogP contribution in [0.15, 0.2) is 60.7 Å². The lowest BCUT2D eigenvalue weighted by atomic mass is 9.99. The number of piperazine rings is 1. The van der Waals surface area contributed by atoms with Crippen molar-refractivity contribution in [2.24, 2.45) is 23.3 Å². The quantitative estimate of drug-likeness (QED) is 0.125. The van der Waals surface area contributed by atoms with Crippen molar-refractivity contribution in [1.29, 1.82) is 0 Å². The van der Waals surface area contributed by atoms with Gasteiger partial charge < -0.3 is 42.3 Å². The van der Waals surface area contributed by atoms with E-state index < -0.39 is 53.0 Å². The van der Waals surface area contributed by atoms with Gasteiger partial charge in [0.05, 0.1) is 6.04 Å². The van der Waals surface area contributed by atoms with Gasteiger partial charge in [-0.25, -0.2) is 0 Å². The number of aliphatic hydroxyl groups is 1. The number of carbonyl (C=O) groups is 5. The first-order valence-electron chi connectivity index (χ1n) is 19.0. The third-order valence-electron chi connectivity index (χ3n) is 10.5. The Bertz CT molecular complexity index is 1580. The van der Waals surface area contributed by atoms with Gasteiger partial charge in [-0.05, 0) is 68.5 Å². The van der Waals surface area contributed by atoms with E-state index in [9.17, 15) is 29.1 Å². The van der Waals surface area contributed by atoms with Crippen LogP contribution in [0.1, 0.15) is 57.6 Å². The van der Waals surface area contributed by atoms with Crippen LogP contribution < -0.4 is 27.4 Å². The topological polar surface area (TPSA) is 203 Å². The van der Waals surface area contributed by atoms with E-state index in [1.807, 2.05) is 74.5 Å². The average molecular weight is 749 g/mol. The van der Waals surface area contributed by atoms with Gasteiger partial charge in [-0.1, -0.05) is 74.5 Å². The smallest absolute Gasteiger partial charge is 0.269 e. The van der Waals surface area contributed by atoms with E-state index >= 15 is 0 Å². The minimum absolute atomic E-state index is 0.00662. The van der Waals surface area contributed by atoms with Crippen LogP contribution >= 0.6 is 0 Å². The zero-order valence-electron chi connectivity index (χ0n) is 32.4. The Balaban J connectivity index is 1.50. The summed E-state index contributed by atoms with van der Waals surface area (Å²) in [5.41, 5.74) is 10.9. The van der Waals surface area contributed by atoms with E-state index in [4.69, 9.17) is 11.5 Å². The standard InChI is InChI=1S/C40H60N8O6/c1-27(2)23-32(44-35(50)33(25-29-15-10-7-11-16-29)43-34(49)31(42)24-28-13-8-6-9-14-28)36(51)45-40(26-30(40)17-12-18-41)38(53)47-19-21-48(22-20-47)39(3,54)37(52)46(4)5/h6-11,13-16,27,30-33,54H,12,17-26,41-42H2,1-5H3,(H,43,49)(H,44,50)(H,45,51)/t30?,31-,32-,33-,39?,40?/m1/s1. The van der Waals surface area contributed by atoms with Crippen LogP contribution in [0, 0.1) is 11.8 Å². The molecule has 1 heterocycles. The van der Waals surface area contributed by atoms with Gasteiger partial charge in [-0.2, -0.15) is 0 Å². The summed E-state index contributed by atoms with van der Waals surface area (Å²) in [5.74, 6) is -2.32. The molecule has 54 heavy (non-hydrogen) atoms. The highest BCUT2D eigenvalue weighted by Crippen LogP contribution is 2.48. The van der Waals surface area contributed by atoms with Crippen molar-refractivity contribution in [1.82, 2.24) is 30.7 Å². The predicted octanol–water partition coefficient (Wildman–Crippen LogP) is 0.370. The summed E-state index contributed by atoms with van der Waals surface area (Å²) in [6, 6.07) is 15.7. The molecule has 14 nitrogen and oxygen atoms in total. The molecule has 1 saturated carbocycles. The monoisotopic (exact) mass is 748 g/mol. The molecule has 0 spiro atoms. The van der Waals surface area contributed by atoms with E-state index in [1.54, 1.807) is 23.9 Å². The molecule has 6 atom stereocenters. The minimum atomic E-state index is -1.72. The summed E-state index contributed by atoms with van der Waals surface area (Å²) in [6.07, 6.45) is 2.51. The summed E-state index contributed by atoms with van der Waals surface area (Å²) in [6.45, 7) is 6.84. The summed E-state index contributed by atoms with van der Waals surface area (Å²) >= 11 is 0. The highest BCUT2D eigenvalue weighted by molar-refractivity contribution is 5.98. The van der Waals surface area contributed by atoms with Crippen molar-refractivity contribution in [2.75, 3.05) is 46.8 Å². The first-order valence-corrected chi connectivity index (χ1v) is 19.0. The molecule has 14 heteroatoms. The molecule has 296 valence electrons. The summed E-state index contributed by atoms with van der Waals surface area (Å²) < 4.78 is 0. The first-order chi connectivity index (χ1) is 25.6. The Morgan fingerprint density at radius 1 is 0.870 bits per heavy atom. The zero-order chi connectivity index (χ0) is 39.6. The maximum Gasteiger partial charge on any atom is 0.269 e. The number of nitrogens with zero attached hydrogens (tertiary/aromatic N) is 3. The van der Waals surface area contributed by atoms with Gasteiger partial charge in [0, 0.05) is 46.7 Å². The molecule has 2 aromatic rings. The van der Waals surface area contributed by atoms with Crippen molar-refractivity contribution < 1.29 is 29.1 Å². The average Bonchev–Trinajstić information content (AvgIpc) is 3.85. The summed E-state index contributed by atoms with van der Waals surface area (Å²) in [5, 5.41) is 19.8. The Labute approximate surface area is 319 Å². The van der Waals surface area contributed by atoms with Gasteiger partial charge >= 0.3 is 0 Å². The number of benzene rings is 2. The number of nitrogens with one attached hydrogen (secondary N) is 3. The normalized spacial score (nSPS) is 21.3. The second kappa shape index (κ2) is 18.8. The lowest BCUT2D eigenvalue weighted by molar-refractivity contribution is -0.173. The van der Waals surface area contributed by atoms with Crippen LogP contribution in [-0.4, -0.2) is 126 Å². The maximum absolute atomic E-state index is 14.3. The van der Waals surface area contributed by atoms with Gasteiger partial charge in [0.25, 0.3) is 5.91 Å². The van der Waals surface area contributed by atoms with Crippen LogP contribution in [0.5, 0.6) is 0 Å². The number of nitrogens with two attached hydrogens (primary N) is 2. The highest BCUT2D eigenvalue weighted by atomic mass is 16.3. The number of hydrogen-bond donors (Lipinski definition) is 6. The van der Waals surface area contributed by atoms with Crippen LogP contribution in [0.2, 0.25) is 0 Å². The first kappa shape index (κ1) is 42.4. The minimum Gasteiger partial charge on any atom is -0.367 e. The number of likely N-dealkylation sites (N-methyl/N-ethyl adjacent to an activating group) is 1. The third kappa shape index (κ3) is 10.9. The largest absolute Gasteiger partial charge is 0.367 e. The van der Waals surface area contributed by atoms with Crippen molar-refractivity contribution in [3.05, 3.63) is 71.8 Å². The molecule has 0 radical (unpaired) electrons. The van der Waals surface area contributed by atoms with Crippen molar-refractivity contribution in [3.63, 3.8) is 0 Å². The Kier molecular flexibility index (Phi) is 14.7. The van der Waals surface area contributed by atoms with Gasteiger partial charge in [0.15, 0.2) is 5.72 Å². The highest BCUT2D eigenvalue weighted by Gasteiger charge is 2.62. The zero-order valence-corrected chi connectivity index (χ0v) is 32.4. The maximum atomic E-state index is 14.3. The molecule has 1 saturated heterocycles. The number of amides is 5. The third-order valence-corrected chi connectivity index (χ3v) is 10.5. The van der Waals surface area contributed by atoms with Crippen LogP contribution in [0.25, 0.3) is 0 Å². The summed E-state index contributed by atoms with van der Waals surface area (Å²) in [7, 11) is 3.16. The fraction of sp³-hybridized carbons (Fsp3) is 0.575. The van der Waals surface area contributed by atoms with Gasteiger partial charge in [0.2, 0.25) is 23.6 Å². The Morgan fingerprint density at radius 2 is 1.43 bits per heavy atom. The number of rotatable bonds is 18. The molecule has 5 amide bonds. The van der Waals surface area contributed by atoms with Crippen LogP contribution in [0.4, 0.5) is 0 Å². The van der Waals surface area contributed by atoms with Gasteiger partial charge in [0.1, 0.15) is 17.6 Å². The van der Waals surface area contributed by atoms with E-state index in [-0.39, 0.29) is 56.8 Å². The molecule has 2 aliphatic rings. The Hall–Kier alpha value is -4.37. The lowest BCUT2D eigenvalue weighted by Gasteiger charge is -2.43. The van der Waals surface area contributed by atoms with Gasteiger partial charge in [-0.15, -0.1) is 0 Å². The van der Waals surface area contributed by atoms with E-state index in [1.165, 1.54) is 11.8 Å². The molecule has 1 aliphatic heterocycles. The second-order valence-electron chi connectivity index (χ2n) is 15.5. The van der Waals surface area contributed by atoms with Crippen LogP contribution in [-0.2, 0) is 36.8 Å². The van der Waals surface area contributed by atoms with Gasteiger partial charge in [-0.3, -0.25) is 28.9 Å². The fourth-order valence-corrected chi connectivity index (χ4v) is 7.28. The fourth-order valence-electron chi connectivity index (χ4n) is 7.28. The number of hydrogen-bond acceptors (Lipinski definition) is 9. The SMILES string of the molecule is CC(C)C[C@@H](NC(=O)[C@@H](Cc1ccccc1)NC(=O)[C@H](N)Cc1ccccc1)C(=O)NC1(C(=O)N2CCN(C(C)(O)C(=O)N(C)C)CC2)CC1CCCN. The molecule has 0 aromatic heterocycles. The molecule has 3 unspecified atom stereocenters. The molecule has 2 fully saturated rings. The molecule has 2 aromatic carbocycles. The molecule has 4 rings (SSSR count). The van der Waals surface area contributed by atoms with E-state index in [0.29, 0.717) is 32.2 Å². The Morgan fingerprint density at radius 3 is 1.96 bits per heavy atom. The van der Waals surface area contributed by atoms with Crippen molar-refractivity contribution in [2.45, 2.75) is 88.7 Å². The lowest BCUT2D eigenvalue weighted by Crippen LogP contribution is -2.64. The van der Waals surface area contributed by atoms with Crippen molar-refractivity contribution in [3.8, 4) is 0 Å². The second-order valence-corrected chi connectivity index (χ2v) is 15.5. The van der Waals surface area contributed by atoms with E-state index in [0.717, 1.165) is 11.1 Å². The molecular weight excluding hydrogens is 688 g/mol. The number of carbonyl (C=O) groups excluding carboxylic acids is 5. The molecule has 8 N–H and O–H groups in total. The molecule has 1 aliphatic carbocycles. The summed E-state index contributed by atoms with van der Waals surface area (Å²) in [4.78, 5) is 73.2. The molecular formula is C40H60N8O6. The van der Waals surface area contributed by atoms with Crippen LogP contribution in [0.3, 0.4) is 0 Å². The van der Waals surface area contributed by atoms with E-state index in [2.05, 4.69) is 16.0 Å². The molecule has 0 bridgehead atoms. The van der Waals surface area contributed by atoms with Crippen molar-refractivity contribution >= 4 is 29.5 Å².